The Morgan fingerprint density at radius 1 is 1.10 bits per heavy atom. The highest BCUT2D eigenvalue weighted by atomic mass is 32.2. The molecule has 2 aliphatic rings. The van der Waals surface area contributed by atoms with Gasteiger partial charge in [-0.05, 0) is 50.8 Å². The minimum Gasteiger partial charge on any atom is -0.393 e. The van der Waals surface area contributed by atoms with E-state index in [1.54, 1.807) is 6.92 Å². The van der Waals surface area contributed by atoms with E-state index in [1.807, 2.05) is 0 Å². The van der Waals surface area contributed by atoms with Crippen LogP contribution in [0.25, 0.3) is 0 Å². The number of alkyl halides is 3. The number of aliphatic hydroxyl groups is 2. The van der Waals surface area contributed by atoms with Crippen LogP contribution in [0.1, 0.15) is 38.7 Å². The molecule has 0 aromatic heterocycles. The predicted molar refractivity (Wildman–Crippen MR) is 101 cm³/mol. The van der Waals surface area contributed by atoms with Gasteiger partial charge >= 0.3 is 6.18 Å². The van der Waals surface area contributed by atoms with E-state index in [-0.39, 0.29) is 29.6 Å². The molecule has 6 nitrogen and oxygen atoms in total. The highest BCUT2D eigenvalue weighted by Gasteiger charge is 2.51. The molecular formula is C19H27F3N2O4S. The summed E-state index contributed by atoms with van der Waals surface area (Å²) in [5, 5.41) is 19.5. The van der Waals surface area contributed by atoms with Crippen molar-refractivity contribution in [3.63, 3.8) is 0 Å². The number of benzene rings is 1. The van der Waals surface area contributed by atoms with Crippen LogP contribution < -0.4 is 0 Å². The van der Waals surface area contributed by atoms with Crippen LogP contribution in [0.4, 0.5) is 13.2 Å². The largest absolute Gasteiger partial charge is 0.421 e. The van der Waals surface area contributed by atoms with Crippen molar-refractivity contribution in [2.24, 2.45) is 0 Å². The van der Waals surface area contributed by atoms with Crippen molar-refractivity contribution in [3.8, 4) is 0 Å². The van der Waals surface area contributed by atoms with Crippen LogP contribution in [0.3, 0.4) is 0 Å². The maximum absolute atomic E-state index is 13.0. The molecule has 1 aromatic rings. The highest BCUT2D eigenvalue weighted by Crippen LogP contribution is 2.39. The van der Waals surface area contributed by atoms with Gasteiger partial charge in [-0.25, -0.2) is 8.42 Å². The van der Waals surface area contributed by atoms with Gasteiger partial charge in [0.15, 0.2) is 5.60 Å². The summed E-state index contributed by atoms with van der Waals surface area (Å²) in [6.45, 7) is 3.80. The smallest absolute Gasteiger partial charge is 0.393 e. The summed E-state index contributed by atoms with van der Waals surface area (Å²) in [6, 6.07) is 4.17. The van der Waals surface area contributed by atoms with E-state index in [9.17, 15) is 31.8 Å². The molecule has 2 N–H and O–H groups in total. The third-order valence-corrected chi connectivity index (χ3v) is 8.09. The van der Waals surface area contributed by atoms with Crippen molar-refractivity contribution in [2.45, 2.75) is 68.0 Å². The Morgan fingerprint density at radius 2 is 1.72 bits per heavy atom. The Labute approximate surface area is 169 Å². The fourth-order valence-corrected chi connectivity index (χ4v) is 5.79. The number of rotatable bonds is 4. The molecule has 1 saturated heterocycles. The Bertz CT molecular complexity index is 827. The van der Waals surface area contributed by atoms with Gasteiger partial charge in [-0.1, -0.05) is 12.1 Å². The zero-order valence-corrected chi connectivity index (χ0v) is 17.2. The van der Waals surface area contributed by atoms with Crippen molar-refractivity contribution in [3.05, 3.63) is 29.8 Å². The second-order valence-electron chi connectivity index (χ2n) is 8.17. The van der Waals surface area contributed by atoms with E-state index >= 15 is 0 Å². The molecule has 1 heterocycles. The van der Waals surface area contributed by atoms with Crippen LogP contribution in [0.5, 0.6) is 0 Å². The molecule has 164 valence electrons. The number of sulfonamides is 1. The van der Waals surface area contributed by atoms with Gasteiger partial charge in [0, 0.05) is 31.7 Å². The summed E-state index contributed by atoms with van der Waals surface area (Å²) in [5.41, 5.74) is -3.47. The summed E-state index contributed by atoms with van der Waals surface area (Å²) in [6.07, 6.45) is -2.83. The molecule has 3 rings (SSSR count). The van der Waals surface area contributed by atoms with Crippen LogP contribution in [-0.2, 0) is 15.6 Å². The van der Waals surface area contributed by atoms with E-state index in [4.69, 9.17) is 0 Å². The van der Waals surface area contributed by atoms with Gasteiger partial charge in [-0.3, -0.25) is 4.90 Å². The molecule has 0 amide bonds. The first-order valence-electron chi connectivity index (χ1n) is 9.67. The second-order valence-corrected chi connectivity index (χ2v) is 10.1. The first kappa shape index (κ1) is 22.5. The summed E-state index contributed by atoms with van der Waals surface area (Å²) < 4.78 is 66.4. The van der Waals surface area contributed by atoms with Crippen LogP contribution in [0.15, 0.2) is 29.2 Å². The molecule has 2 fully saturated rings. The van der Waals surface area contributed by atoms with Crippen LogP contribution >= 0.6 is 0 Å². The normalized spacial score (nSPS) is 29.7. The summed E-state index contributed by atoms with van der Waals surface area (Å²) in [4.78, 5) is 2.10. The number of hydrogen-bond acceptors (Lipinski definition) is 5. The standard InChI is InChI=1S/C19H27F3N2O4S/c1-13-12-23(15-5-6-16(25)11-15)9-10-24(13)29(27,28)17-7-3-14(4-8-17)18(2,26)19(20,21)22/h3-4,7-8,13,15-16,25-26H,5-6,9-12H2,1-2H3/t13-,15?,16?,18?/m1/s1. The van der Waals surface area contributed by atoms with E-state index in [0.29, 0.717) is 26.4 Å². The fourth-order valence-electron chi connectivity index (χ4n) is 4.17. The molecule has 4 atom stereocenters. The van der Waals surface area contributed by atoms with Crippen molar-refractivity contribution in [1.82, 2.24) is 9.21 Å². The number of nitrogens with zero attached hydrogens (tertiary/aromatic N) is 2. The second kappa shape index (κ2) is 7.81. The quantitative estimate of drug-likeness (QED) is 0.755. The number of piperazine rings is 1. The maximum Gasteiger partial charge on any atom is 0.421 e. The molecular weight excluding hydrogens is 409 g/mol. The van der Waals surface area contributed by atoms with Crippen molar-refractivity contribution in [2.75, 3.05) is 19.6 Å². The third kappa shape index (κ3) is 4.32. The lowest BCUT2D eigenvalue weighted by molar-refractivity contribution is -0.258. The Kier molecular flexibility index (Phi) is 6.05. The van der Waals surface area contributed by atoms with E-state index < -0.39 is 27.4 Å². The lowest BCUT2D eigenvalue weighted by Gasteiger charge is -2.41. The summed E-state index contributed by atoms with van der Waals surface area (Å²) in [7, 11) is -3.87. The van der Waals surface area contributed by atoms with E-state index in [1.165, 1.54) is 4.31 Å². The van der Waals surface area contributed by atoms with Crippen LogP contribution in [-0.4, -0.2) is 71.8 Å². The molecule has 0 radical (unpaired) electrons. The van der Waals surface area contributed by atoms with Crippen molar-refractivity contribution >= 4 is 10.0 Å². The third-order valence-electron chi connectivity index (χ3n) is 6.07. The monoisotopic (exact) mass is 436 g/mol. The van der Waals surface area contributed by atoms with Crippen molar-refractivity contribution in [1.29, 1.82) is 0 Å². The molecule has 1 aliphatic heterocycles. The Morgan fingerprint density at radius 3 is 2.21 bits per heavy atom. The van der Waals surface area contributed by atoms with Crippen molar-refractivity contribution < 1.29 is 31.8 Å². The predicted octanol–water partition coefficient (Wildman–Crippen LogP) is 2.06. The van der Waals surface area contributed by atoms with E-state index in [2.05, 4.69) is 4.90 Å². The lowest BCUT2D eigenvalue weighted by atomic mass is 9.96. The molecule has 1 aliphatic carbocycles. The zero-order valence-electron chi connectivity index (χ0n) is 16.4. The van der Waals surface area contributed by atoms with Gasteiger partial charge < -0.3 is 10.2 Å². The summed E-state index contributed by atoms with van der Waals surface area (Å²) >= 11 is 0. The number of halogens is 3. The molecule has 1 saturated carbocycles. The first-order chi connectivity index (χ1) is 13.3. The SMILES string of the molecule is C[C@@H]1CN(C2CCC(O)C2)CCN1S(=O)(=O)c1ccc(C(C)(O)C(F)(F)F)cc1. The molecule has 29 heavy (non-hydrogen) atoms. The molecule has 0 bridgehead atoms. The van der Waals surface area contributed by atoms with Gasteiger partial charge in [0.05, 0.1) is 11.0 Å². The first-order valence-corrected chi connectivity index (χ1v) is 11.1. The molecule has 0 spiro atoms. The Balaban J connectivity index is 1.74. The average molecular weight is 436 g/mol. The van der Waals surface area contributed by atoms with Crippen LogP contribution in [0.2, 0.25) is 0 Å². The minimum atomic E-state index is -4.87. The van der Waals surface area contributed by atoms with Gasteiger partial charge in [-0.15, -0.1) is 0 Å². The van der Waals surface area contributed by atoms with Gasteiger partial charge in [0.25, 0.3) is 0 Å². The van der Waals surface area contributed by atoms with Gasteiger partial charge in [-0.2, -0.15) is 17.5 Å². The number of aliphatic hydroxyl groups excluding tert-OH is 1. The van der Waals surface area contributed by atoms with E-state index in [0.717, 1.165) is 37.1 Å². The average Bonchev–Trinajstić information content (AvgIpc) is 3.07. The summed E-state index contributed by atoms with van der Waals surface area (Å²) in [5.74, 6) is 0. The topological polar surface area (TPSA) is 81.1 Å². The van der Waals surface area contributed by atoms with Gasteiger partial charge in [0.1, 0.15) is 0 Å². The fraction of sp³-hybridized carbons (Fsp3) is 0.684. The van der Waals surface area contributed by atoms with Gasteiger partial charge in [0.2, 0.25) is 10.0 Å². The molecule has 3 unspecified atom stereocenters. The van der Waals surface area contributed by atoms with Crippen LogP contribution in [0, 0.1) is 0 Å². The highest BCUT2D eigenvalue weighted by molar-refractivity contribution is 7.89. The maximum atomic E-state index is 13.0. The molecule has 10 heteroatoms. The number of hydrogen-bond donors (Lipinski definition) is 2. The Hall–Kier alpha value is -1.20. The molecule has 1 aromatic carbocycles. The lowest BCUT2D eigenvalue weighted by Crippen LogP contribution is -2.56. The zero-order chi connectivity index (χ0) is 21.6. The minimum absolute atomic E-state index is 0.101.